The third-order valence-corrected chi connectivity index (χ3v) is 3.39. The van der Waals surface area contributed by atoms with Gasteiger partial charge in [0.2, 0.25) is 0 Å². The van der Waals surface area contributed by atoms with Crippen molar-refractivity contribution < 1.29 is 13.9 Å². The van der Waals surface area contributed by atoms with Gasteiger partial charge < -0.3 is 4.74 Å². The summed E-state index contributed by atoms with van der Waals surface area (Å²) in [5, 5.41) is 4.73. The van der Waals surface area contributed by atoms with Gasteiger partial charge in [-0.25, -0.2) is 9.82 Å². The van der Waals surface area contributed by atoms with Crippen LogP contribution in [0.2, 0.25) is 10.0 Å². The summed E-state index contributed by atoms with van der Waals surface area (Å²) in [7, 11) is 0. The molecule has 1 N–H and O–H groups in total. The van der Waals surface area contributed by atoms with Crippen molar-refractivity contribution in [2.24, 2.45) is 5.10 Å². The standard InChI is InChI=1S/C16H13Cl2FN2O2/c1-10(11-2-5-13(19)6-3-11)20-21-16(22)9-23-15-7-4-12(17)8-14(15)18/h2-8H,9H2,1H3,(H,21,22)/b20-10-. The number of ether oxygens (including phenoxy) is 1. The van der Waals surface area contributed by atoms with Crippen molar-refractivity contribution in [3.05, 3.63) is 63.9 Å². The first kappa shape index (κ1) is 17.2. The molecule has 0 saturated heterocycles. The number of carbonyl (C=O) groups excluding carboxylic acids is 1. The van der Waals surface area contributed by atoms with E-state index >= 15 is 0 Å². The number of rotatable bonds is 5. The summed E-state index contributed by atoms with van der Waals surface area (Å²) in [5.74, 6) is -0.429. The average Bonchev–Trinajstić information content (AvgIpc) is 2.52. The molecule has 0 fully saturated rings. The highest BCUT2D eigenvalue weighted by Gasteiger charge is 2.06. The van der Waals surface area contributed by atoms with Crippen molar-refractivity contribution in [3.63, 3.8) is 0 Å². The Bertz CT molecular complexity index is 733. The van der Waals surface area contributed by atoms with Gasteiger partial charge in [-0.15, -0.1) is 0 Å². The monoisotopic (exact) mass is 354 g/mol. The van der Waals surface area contributed by atoms with Crippen LogP contribution in [0.1, 0.15) is 12.5 Å². The topological polar surface area (TPSA) is 50.7 Å². The minimum absolute atomic E-state index is 0.248. The zero-order valence-electron chi connectivity index (χ0n) is 12.1. The first-order chi connectivity index (χ1) is 11.0. The lowest BCUT2D eigenvalue weighted by Crippen LogP contribution is -2.25. The van der Waals surface area contributed by atoms with Gasteiger partial charge >= 0.3 is 0 Å². The summed E-state index contributed by atoms with van der Waals surface area (Å²) >= 11 is 11.7. The minimum atomic E-state index is -0.447. The summed E-state index contributed by atoms with van der Waals surface area (Å²) in [6.45, 7) is 1.45. The molecule has 0 bridgehead atoms. The number of nitrogens with one attached hydrogen (secondary N) is 1. The number of hydrazone groups is 1. The van der Waals surface area contributed by atoms with Gasteiger partial charge in [-0.2, -0.15) is 5.10 Å². The van der Waals surface area contributed by atoms with Crippen LogP contribution in [0.25, 0.3) is 0 Å². The van der Waals surface area contributed by atoms with Gasteiger partial charge in [0.05, 0.1) is 10.7 Å². The summed E-state index contributed by atoms with van der Waals surface area (Å²) in [6.07, 6.45) is 0. The lowest BCUT2D eigenvalue weighted by Gasteiger charge is -2.07. The number of hydrogen-bond donors (Lipinski definition) is 1. The molecular weight excluding hydrogens is 342 g/mol. The molecule has 2 rings (SSSR count). The van der Waals surface area contributed by atoms with E-state index in [2.05, 4.69) is 10.5 Å². The van der Waals surface area contributed by atoms with E-state index in [1.165, 1.54) is 18.2 Å². The Kier molecular flexibility index (Phi) is 5.96. The Hall–Kier alpha value is -2.11. The molecule has 0 saturated carbocycles. The number of carbonyl (C=O) groups is 1. The molecule has 1 amide bonds. The third-order valence-electron chi connectivity index (χ3n) is 2.86. The molecule has 23 heavy (non-hydrogen) atoms. The summed E-state index contributed by atoms with van der Waals surface area (Å²) in [4.78, 5) is 11.7. The molecule has 2 aromatic rings. The van der Waals surface area contributed by atoms with E-state index < -0.39 is 5.91 Å². The van der Waals surface area contributed by atoms with Crippen molar-refractivity contribution >= 4 is 34.8 Å². The molecule has 0 aliphatic rings. The van der Waals surface area contributed by atoms with Crippen LogP contribution in [0.5, 0.6) is 5.75 Å². The molecule has 0 unspecified atom stereocenters. The Labute approximate surface area is 142 Å². The predicted molar refractivity (Wildman–Crippen MR) is 88.7 cm³/mol. The Morgan fingerprint density at radius 2 is 1.91 bits per heavy atom. The maximum Gasteiger partial charge on any atom is 0.277 e. The van der Waals surface area contributed by atoms with Gasteiger partial charge in [-0.1, -0.05) is 35.3 Å². The van der Waals surface area contributed by atoms with E-state index in [4.69, 9.17) is 27.9 Å². The van der Waals surface area contributed by atoms with E-state index in [1.807, 2.05) is 0 Å². The molecule has 0 aliphatic heterocycles. The van der Waals surface area contributed by atoms with Gasteiger partial charge in [-0.05, 0) is 42.8 Å². The van der Waals surface area contributed by atoms with Crippen molar-refractivity contribution in [1.82, 2.24) is 5.43 Å². The smallest absolute Gasteiger partial charge is 0.277 e. The van der Waals surface area contributed by atoms with Crippen molar-refractivity contribution in [2.45, 2.75) is 6.92 Å². The third kappa shape index (κ3) is 5.23. The molecule has 120 valence electrons. The van der Waals surface area contributed by atoms with Crippen LogP contribution in [-0.2, 0) is 4.79 Å². The van der Waals surface area contributed by atoms with Gasteiger partial charge in [0.25, 0.3) is 5.91 Å². The van der Waals surface area contributed by atoms with Gasteiger partial charge in [0.15, 0.2) is 6.61 Å². The fraction of sp³-hybridized carbons (Fsp3) is 0.125. The van der Waals surface area contributed by atoms with E-state index in [-0.39, 0.29) is 12.4 Å². The highest BCUT2D eigenvalue weighted by Crippen LogP contribution is 2.27. The largest absolute Gasteiger partial charge is 0.482 e. The molecule has 4 nitrogen and oxygen atoms in total. The van der Waals surface area contributed by atoms with Crippen LogP contribution in [0.4, 0.5) is 4.39 Å². The molecule has 0 aliphatic carbocycles. The van der Waals surface area contributed by atoms with Crippen molar-refractivity contribution in [2.75, 3.05) is 6.61 Å². The number of hydrogen-bond acceptors (Lipinski definition) is 3. The predicted octanol–water partition coefficient (Wildman–Crippen LogP) is 4.05. The lowest BCUT2D eigenvalue weighted by molar-refractivity contribution is -0.123. The van der Waals surface area contributed by atoms with E-state index in [0.29, 0.717) is 27.1 Å². The van der Waals surface area contributed by atoms with Crippen molar-refractivity contribution in [3.8, 4) is 5.75 Å². The zero-order valence-corrected chi connectivity index (χ0v) is 13.7. The lowest BCUT2D eigenvalue weighted by atomic mass is 10.1. The first-order valence-electron chi connectivity index (χ1n) is 6.62. The normalized spacial score (nSPS) is 11.2. The first-order valence-corrected chi connectivity index (χ1v) is 7.38. The molecule has 0 radical (unpaired) electrons. The minimum Gasteiger partial charge on any atom is -0.482 e. The number of nitrogens with zero attached hydrogens (tertiary/aromatic N) is 1. The van der Waals surface area contributed by atoms with E-state index in [0.717, 1.165) is 0 Å². The van der Waals surface area contributed by atoms with Crippen LogP contribution in [-0.4, -0.2) is 18.2 Å². The Morgan fingerprint density at radius 1 is 1.22 bits per heavy atom. The fourth-order valence-electron chi connectivity index (χ4n) is 1.67. The van der Waals surface area contributed by atoms with Crippen LogP contribution < -0.4 is 10.2 Å². The number of benzene rings is 2. The van der Waals surface area contributed by atoms with Crippen LogP contribution in [0.3, 0.4) is 0 Å². The molecular formula is C16H13Cl2FN2O2. The number of amides is 1. The fourth-order valence-corrected chi connectivity index (χ4v) is 2.13. The molecule has 0 heterocycles. The maximum absolute atomic E-state index is 12.8. The van der Waals surface area contributed by atoms with Crippen LogP contribution in [0, 0.1) is 5.82 Å². The SMILES string of the molecule is C/C(=N/NC(=O)COc1ccc(Cl)cc1Cl)c1ccc(F)cc1. The number of halogens is 3. The van der Waals surface area contributed by atoms with E-state index in [9.17, 15) is 9.18 Å². The Morgan fingerprint density at radius 3 is 2.57 bits per heavy atom. The second kappa shape index (κ2) is 7.94. The quantitative estimate of drug-likeness (QED) is 0.650. The highest BCUT2D eigenvalue weighted by atomic mass is 35.5. The Balaban J connectivity index is 1.89. The molecule has 0 aromatic heterocycles. The van der Waals surface area contributed by atoms with Gasteiger partial charge in [0.1, 0.15) is 11.6 Å². The zero-order chi connectivity index (χ0) is 16.8. The molecule has 0 spiro atoms. The van der Waals surface area contributed by atoms with Gasteiger partial charge in [-0.3, -0.25) is 4.79 Å². The molecule has 7 heteroatoms. The second-order valence-corrected chi connectivity index (χ2v) is 5.45. The average molecular weight is 355 g/mol. The van der Waals surface area contributed by atoms with Crippen LogP contribution >= 0.6 is 23.2 Å². The maximum atomic E-state index is 12.8. The van der Waals surface area contributed by atoms with Crippen molar-refractivity contribution in [1.29, 1.82) is 0 Å². The van der Waals surface area contributed by atoms with Crippen LogP contribution in [0.15, 0.2) is 47.6 Å². The second-order valence-electron chi connectivity index (χ2n) is 4.60. The highest BCUT2D eigenvalue weighted by molar-refractivity contribution is 6.35. The summed E-state index contributed by atoms with van der Waals surface area (Å²) in [6, 6.07) is 10.5. The molecule has 2 aromatic carbocycles. The summed E-state index contributed by atoms with van der Waals surface area (Å²) < 4.78 is 18.1. The van der Waals surface area contributed by atoms with Gasteiger partial charge in [0, 0.05) is 5.02 Å². The molecule has 0 atom stereocenters. The van der Waals surface area contributed by atoms with E-state index in [1.54, 1.807) is 31.2 Å². The summed E-state index contributed by atoms with van der Waals surface area (Å²) in [5.41, 5.74) is 3.60.